The van der Waals surface area contributed by atoms with Gasteiger partial charge in [-0.3, -0.25) is 0 Å². The van der Waals surface area contributed by atoms with E-state index in [2.05, 4.69) is 21.3 Å². The number of nitrogens with zero attached hydrogens (tertiary/aromatic N) is 3. The number of nitrogens with one attached hydrogen (secondary N) is 1. The molecule has 27 heavy (non-hydrogen) atoms. The predicted octanol–water partition coefficient (Wildman–Crippen LogP) is 3.51. The standard InChI is InChI=1S/C20H22N4O2.ClH/c1-25-16-8-6-15(7-9-16)14-21-20-22-18-5-3-2-4-17(18)19(23-20)24-10-12-26-13-11-24;/h2-9H,10-14H2,1H3,(H,21,22,23);1H. The van der Waals surface area contributed by atoms with Crippen molar-refractivity contribution in [3.8, 4) is 5.75 Å². The summed E-state index contributed by atoms with van der Waals surface area (Å²) in [5, 5.41) is 4.42. The van der Waals surface area contributed by atoms with Gasteiger partial charge in [0.05, 0.1) is 25.8 Å². The number of fused-ring (bicyclic) bond motifs is 1. The summed E-state index contributed by atoms with van der Waals surface area (Å²) in [6, 6.07) is 16.1. The molecule has 4 rings (SSSR count). The Morgan fingerprint density at radius 3 is 2.52 bits per heavy atom. The van der Waals surface area contributed by atoms with Crippen LogP contribution >= 0.6 is 12.4 Å². The van der Waals surface area contributed by atoms with E-state index < -0.39 is 0 Å². The molecule has 1 saturated heterocycles. The van der Waals surface area contributed by atoms with Crippen LogP contribution in [0.3, 0.4) is 0 Å². The normalized spacial score (nSPS) is 13.9. The number of halogens is 1. The van der Waals surface area contributed by atoms with Crippen LogP contribution in [0.2, 0.25) is 0 Å². The molecule has 1 aromatic heterocycles. The summed E-state index contributed by atoms with van der Waals surface area (Å²) in [6.45, 7) is 3.81. The summed E-state index contributed by atoms with van der Waals surface area (Å²) >= 11 is 0. The molecule has 0 radical (unpaired) electrons. The predicted molar refractivity (Wildman–Crippen MR) is 110 cm³/mol. The van der Waals surface area contributed by atoms with Crippen LogP contribution in [0.5, 0.6) is 5.75 Å². The van der Waals surface area contributed by atoms with E-state index >= 15 is 0 Å². The Balaban J connectivity index is 0.00000210. The Hall–Kier alpha value is -2.57. The van der Waals surface area contributed by atoms with Gasteiger partial charge in [-0.1, -0.05) is 24.3 Å². The lowest BCUT2D eigenvalue weighted by atomic mass is 10.2. The van der Waals surface area contributed by atoms with Crippen LogP contribution in [-0.2, 0) is 11.3 Å². The van der Waals surface area contributed by atoms with Gasteiger partial charge in [0.25, 0.3) is 0 Å². The number of aromatic nitrogens is 2. The molecule has 0 atom stereocenters. The topological polar surface area (TPSA) is 59.5 Å². The molecule has 1 aliphatic rings. The van der Waals surface area contributed by atoms with Crippen molar-refractivity contribution in [2.75, 3.05) is 43.6 Å². The maximum Gasteiger partial charge on any atom is 0.225 e. The van der Waals surface area contributed by atoms with Gasteiger partial charge in [-0.05, 0) is 29.8 Å². The van der Waals surface area contributed by atoms with Crippen molar-refractivity contribution in [1.29, 1.82) is 0 Å². The molecule has 7 heteroatoms. The summed E-state index contributed by atoms with van der Waals surface area (Å²) in [5.41, 5.74) is 2.09. The van der Waals surface area contributed by atoms with Crippen molar-refractivity contribution in [2.45, 2.75) is 6.54 Å². The highest BCUT2D eigenvalue weighted by molar-refractivity contribution is 5.90. The van der Waals surface area contributed by atoms with Gasteiger partial charge < -0.3 is 19.7 Å². The fraction of sp³-hybridized carbons (Fsp3) is 0.300. The van der Waals surface area contributed by atoms with Crippen molar-refractivity contribution in [3.63, 3.8) is 0 Å². The lowest BCUT2D eigenvalue weighted by molar-refractivity contribution is 0.122. The van der Waals surface area contributed by atoms with Gasteiger partial charge >= 0.3 is 0 Å². The molecule has 0 unspecified atom stereocenters. The van der Waals surface area contributed by atoms with Crippen molar-refractivity contribution in [1.82, 2.24) is 9.97 Å². The minimum Gasteiger partial charge on any atom is -0.497 e. The molecule has 2 heterocycles. The van der Waals surface area contributed by atoms with E-state index in [1.165, 1.54) is 0 Å². The fourth-order valence-electron chi connectivity index (χ4n) is 3.08. The Bertz CT molecular complexity index is 883. The van der Waals surface area contributed by atoms with E-state index in [1.807, 2.05) is 42.5 Å². The molecule has 0 saturated carbocycles. The van der Waals surface area contributed by atoms with E-state index in [-0.39, 0.29) is 12.4 Å². The highest BCUT2D eigenvalue weighted by Crippen LogP contribution is 2.26. The second kappa shape index (κ2) is 8.88. The zero-order valence-corrected chi connectivity index (χ0v) is 16.0. The van der Waals surface area contributed by atoms with E-state index in [0.717, 1.165) is 54.3 Å². The number of hydrogen-bond donors (Lipinski definition) is 1. The summed E-state index contributed by atoms with van der Waals surface area (Å²) in [5.74, 6) is 2.46. The molecular formula is C20H23ClN4O2. The zero-order valence-electron chi connectivity index (χ0n) is 15.2. The molecule has 6 nitrogen and oxygen atoms in total. The van der Waals surface area contributed by atoms with Gasteiger partial charge in [-0.25, -0.2) is 4.98 Å². The Morgan fingerprint density at radius 1 is 1.04 bits per heavy atom. The van der Waals surface area contributed by atoms with Crippen LogP contribution in [-0.4, -0.2) is 43.4 Å². The van der Waals surface area contributed by atoms with Gasteiger partial charge in [0, 0.05) is 25.0 Å². The molecule has 0 aliphatic carbocycles. The number of methoxy groups -OCH3 is 1. The second-order valence-electron chi connectivity index (χ2n) is 6.19. The average molecular weight is 387 g/mol. The highest BCUT2D eigenvalue weighted by atomic mass is 35.5. The minimum atomic E-state index is 0. The van der Waals surface area contributed by atoms with E-state index in [1.54, 1.807) is 7.11 Å². The van der Waals surface area contributed by atoms with Crippen molar-refractivity contribution in [3.05, 3.63) is 54.1 Å². The summed E-state index contributed by atoms with van der Waals surface area (Å²) in [6.07, 6.45) is 0. The number of ether oxygens (including phenoxy) is 2. The molecule has 1 aliphatic heterocycles. The molecule has 0 amide bonds. The lowest BCUT2D eigenvalue weighted by Crippen LogP contribution is -2.37. The zero-order chi connectivity index (χ0) is 17.8. The first-order valence-electron chi connectivity index (χ1n) is 8.80. The van der Waals surface area contributed by atoms with Crippen LogP contribution in [0.1, 0.15) is 5.56 Å². The summed E-state index contributed by atoms with van der Waals surface area (Å²) in [7, 11) is 1.67. The molecule has 3 aromatic rings. The van der Waals surface area contributed by atoms with E-state index in [9.17, 15) is 0 Å². The molecular weight excluding hydrogens is 364 g/mol. The maximum atomic E-state index is 5.48. The van der Waals surface area contributed by atoms with Crippen molar-refractivity contribution >= 4 is 35.1 Å². The molecule has 0 spiro atoms. The lowest BCUT2D eigenvalue weighted by Gasteiger charge is -2.29. The third kappa shape index (κ3) is 4.40. The van der Waals surface area contributed by atoms with Crippen LogP contribution in [0.15, 0.2) is 48.5 Å². The van der Waals surface area contributed by atoms with Gasteiger partial charge in [-0.2, -0.15) is 4.98 Å². The first kappa shape index (κ1) is 19.2. The maximum absolute atomic E-state index is 5.48. The van der Waals surface area contributed by atoms with Crippen LogP contribution in [0.25, 0.3) is 10.9 Å². The third-order valence-corrected chi connectivity index (χ3v) is 4.50. The number of anilines is 2. The SMILES string of the molecule is COc1ccc(CNc2nc(N3CCOCC3)c3ccccc3n2)cc1.Cl. The molecule has 142 valence electrons. The fourth-order valence-corrected chi connectivity index (χ4v) is 3.08. The highest BCUT2D eigenvalue weighted by Gasteiger charge is 2.17. The molecule has 1 fully saturated rings. The monoisotopic (exact) mass is 386 g/mol. The van der Waals surface area contributed by atoms with Crippen molar-refractivity contribution < 1.29 is 9.47 Å². The van der Waals surface area contributed by atoms with Crippen LogP contribution in [0, 0.1) is 0 Å². The average Bonchev–Trinajstić information content (AvgIpc) is 2.72. The number of rotatable bonds is 5. The van der Waals surface area contributed by atoms with Gasteiger partial charge in [0.1, 0.15) is 11.6 Å². The Labute approximate surface area is 164 Å². The van der Waals surface area contributed by atoms with Gasteiger partial charge in [0.15, 0.2) is 0 Å². The van der Waals surface area contributed by atoms with Crippen LogP contribution < -0.4 is 15.0 Å². The third-order valence-electron chi connectivity index (χ3n) is 4.50. The smallest absolute Gasteiger partial charge is 0.225 e. The largest absolute Gasteiger partial charge is 0.497 e. The molecule has 1 N–H and O–H groups in total. The molecule has 0 bridgehead atoms. The van der Waals surface area contributed by atoms with E-state index in [4.69, 9.17) is 14.5 Å². The summed E-state index contributed by atoms with van der Waals surface area (Å²) < 4.78 is 10.7. The van der Waals surface area contributed by atoms with Gasteiger partial charge in [0.2, 0.25) is 5.95 Å². The summed E-state index contributed by atoms with van der Waals surface area (Å²) in [4.78, 5) is 11.7. The number of morpholine rings is 1. The first-order valence-corrected chi connectivity index (χ1v) is 8.80. The Kier molecular flexibility index (Phi) is 6.32. The number of hydrogen-bond acceptors (Lipinski definition) is 6. The van der Waals surface area contributed by atoms with Crippen LogP contribution in [0.4, 0.5) is 11.8 Å². The van der Waals surface area contributed by atoms with Crippen molar-refractivity contribution in [2.24, 2.45) is 0 Å². The Morgan fingerprint density at radius 2 is 1.78 bits per heavy atom. The van der Waals surface area contributed by atoms with Gasteiger partial charge in [-0.15, -0.1) is 12.4 Å². The number of benzene rings is 2. The minimum absolute atomic E-state index is 0. The van der Waals surface area contributed by atoms with E-state index in [0.29, 0.717) is 12.5 Å². The molecule has 2 aromatic carbocycles. The first-order chi connectivity index (χ1) is 12.8. The second-order valence-corrected chi connectivity index (χ2v) is 6.19. The quantitative estimate of drug-likeness (QED) is 0.724. The number of para-hydroxylation sites is 1.